The molecule has 0 fully saturated rings. The number of benzene rings is 1. The molecular formula is C9H13IO2Si. The number of hydrogen-bond acceptors (Lipinski definition) is 2. The highest BCUT2D eigenvalue weighted by molar-refractivity contribution is 14.1. The van der Waals surface area contributed by atoms with Gasteiger partial charge in [0.25, 0.3) is 0 Å². The van der Waals surface area contributed by atoms with Gasteiger partial charge in [-0.25, -0.2) is 0 Å². The van der Waals surface area contributed by atoms with Crippen molar-refractivity contribution >= 4 is 32.8 Å². The largest absolute Gasteiger partial charge is 0.507 e. The van der Waals surface area contributed by atoms with Gasteiger partial charge in [0.05, 0.1) is 10.2 Å². The highest BCUT2D eigenvalue weighted by atomic mass is 127. The maximum atomic E-state index is 9.26. The summed E-state index contributed by atoms with van der Waals surface area (Å²) < 4.78 is 6.32. The first kappa shape index (κ1) is 10.8. The van der Waals surface area contributed by atoms with Crippen LogP contribution in [0.15, 0.2) is 18.2 Å². The fraction of sp³-hybridized carbons (Fsp3) is 0.333. The Morgan fingerprint density at radius 1 is 1.46 bits per heavy atom. The van der Waals surface area contributed by atoms with Gasteiger partial charge in [-0.15, -0.1) is 0 Å². The molecule has 1 aromatic rings. The second kappa shape index (κ2) is 5.49. The van der Waals surface area contributed by atoms with Gasteiger partial charge in [0.1, 0.15) is 11.5 Å². The molecule has 1 N–H and O–H groups in total. The molecule has 0 aliphatic carbocycles. The van der Waals surface area contributed by atoms with E-state index in [0.29, 0.717) is 5.75 Å². The van der Waals surface area contributed by atoms with Gasteiger partial charge < -0.3 is 9.84 Å². The molecule has 1 rings (SSSR count). The van der Waals surface area contributed by atoms with Crippen LogP contribution in [0.5, 0.6) is 11.5 Å². The van der Waals surface area contributed by atoms with Gasteiger partial charge >= 0.3 is 0 Å². The molecule has 0 amide bonds. The Labute approximate surface area is 94.9 Å². The van der Waals surface area contributed by atoms with Crippen molar-refractivity contribution in [2.24, 2.45) is 0 Å². The second-order valence-electron chi connectivity index (χ2n) is 2.82. The first-order valence-corrected chi connectivity index (χ1v) is 6.84. The molecule has 0 radical (unpaired) electrons. The van der Waals surface area contributed by atoms with E-state index >= 15 is 0 Å². The zero-order valence-electron chi connectivity index (χ0n) is 7.59. The third kappa shape index (κ3) is 3.56. The average molecular weight is 308 g/mol. The van der Waals surface area contributed by atoms with E-state index in [4.69, 9.17) is 4.74 Å². The fourth-order valence-corrected chi connectivity index (χ4v) is 1.69. The normalized spacial score (nSPS) is 10.2. The summed E-state index contributed by atoms with van der Waals surface area (Å²) in [6, 6.07) is 6.58. The highest BCUT2D eigenvalue weighted by Gasteiger charge is 1.99. The maximum Gasteiger partial charge on any atom is 0.129 e. The third-order valence-corrected chi connectivity index (χ3v) is 3.26. The van der Waals surface area contributed by atoms with E-state index in [1.54, 1.807) is 12.1 Å². The first-order valence-electron chi connectivity index (χ1n) is 4.35. The zero-order chi connectivity index (χ0) is 9.68. The molecule has 1 aromatic carbocycles. The Bertz CT molecular complexity index is 278. The predicted molar refractivity (Wildman–Crippen MR) is 65.7 cm³/mol. The second-order valence-corrected chi connectivity index (χ2v) is 4.98. The van der Waals surface area contributed by atoms with E-state index in [9.17, 15) is 5.11 Å². The average Bonchev–Trinajstić information content (AvgIpc) is 2.12. The minimum atomic E-state index is 0.316. The number of ether oxygens (including phenoxy) is 1. The lowest BCUT2D eigenvalue weighted by Gasteiger charge is -2.05. The van der Waals surface area contributed by atoms with E-state index in [1.165, 1.54) is 16.3 Å². The molecule has 0 unspecified atom stereocenters. The first-order chi connectivity index (χ1) is 6.24. The van der Waals surface area contributed by atoms with Crippen LogP contribution in [0, 0.1) is 3.57 Å². The van der Waals surface area contributed by atoms with Gasteiger partial charge in [0, 0.05) is 10.2 Å². The van der Waals surface area contributed by atoms with Crippen molar-refractivity contribution in [1.82, 2.24) is 0 Å². The summed E-state index contributed by atoms with van der Waals surface area (Å²) in [6.45, 7) is 0.782. The molecule has 0 spiro atoms. The van der Waals surface area contributed by atoms with Crippen molar-refractivity contribution in [2.75, 3.05) is 6.61 Å². The molecule has 0 aliphatic rings. The van der Waals surface area contributed by atoms with Crippen molar-refractivity contribution in [1.29, 1.82) is 0 Å². The Kier molecular flexibility index (Phi) is 4.58. The van der Waals surface area contributed by atoms with Gasteiger partial charge in [-0.3, -0.25) is 0 Å². The summed E-state index contributed by atoms with van der Waals surface area (Å²) in [7, 11) is 1.24. The quantitative estimate of drug-likeness (QED) is 0.519. The summed E-state index contributed by atoms with van der Waals surface area (Å²) in [5.74, 6) is 1.16. The Balaban J connectivity index is 2.53. The topological polar surface area (TPSA) is 29.5 Å². The van der Waals surface area contributed by atoms with Crippen molar-refractivity contribution in [3.05, 3.63) is 21.8 Å². The van der Waals surface area contributed by atoms with Crippen LogP contribution in [-0.2, 0) is 0 Å². The standard InChI is InChI=1S/C9H13IO2Si/c10-8-6-7(2-3-9(8)11)12-4-1-5-13/h2-3,6,11H,1,4-5H2,13H3. The Morgan fingerprint density at radius 2 is 2.23 bits per heavy atom. The van der Waals surface area contributed by atoms with Crippen LogP contribution in [0.25, 0.3) is 0 Å². The summed E-state index contributed by atoms with van der Waals surface area (Å²) in [5.41, 5.74) is 0. The van der Waals surface area contributed by atoms with E-state index in [-0.39, 0.29) is 0 Å². The monoisotopic (exact) mass is 308 g/mol. The van der Waals surface area contributed by atoms with Gasteiger partial charge in [-0.2, -0.15) is 0 Å². The van der Waals surface area contributed by atoms with Crippen LogP contribution in [0.3, 0.4) is 0 Å². The van der Waals surface area contributed by atoms with E-state index in [1.807, 2.05) is 6.07 Å². The van der Waals surface area contributed by atoms with E-state index in [2.05, 4.69) is 22.6 Å². The third-order valence-electron chi connectivity index (χ3n) is 1.69. The van der Waals surface area contributed by atoms with Gasteiger partial charge in [0.2, 0.25) is 0 Å². The number of rotatable bonds is 4. The van der Waals surface area contributed by atoms with Crippen LogP contribution >= 0.6 is 22.6 Å². The highest BCUT2D eigenvalue weighted by Crippen LogP contribution is 2.24. The van der Waals surface area contributed by atoms with E-state index < -0.39 is 0 Å². The van der Waals surface area contributed by atoms with Gasteiger partial charge in [0.15, 0.2) is 0 Å². The number of phenols is 1. The molecule has 2 nitrogen and oxygen atoms in total. The van der Waals surface area contributed by atoms with Crippen molar-refractivity contribution in [2.45, 2.75) is 12.5 Å². The fourth-order valence-electron chi connectivity index (χ4n) is 0.912. The summed E-state index contributed by atoms with van der Waals surface area (Å²) in [5, 5.41) is 9.26. The van der Waals surface area contributed by atoms with Crippen LogP contribution in [-0.4, -0.2) is 22.0 Å². The van der Waals surface area contributed by atoms with E-state index in [0.717, 1.165) is 22.3 Å². The molecule has 0 aliphatic heterocycles. The number of hydrogen-bond donors (Lipinski definition) is 1. The number of phenolic OH excluding ortho intramolecular Hbond substituents is 1. The molecule has 0 saturated heterocycles. The SMILES string of the molecule is Oc1ccc(OCCC[SiH3])cc1I. The maximum absolute atomic E-state index is 9.26. The molecule has 72 valence electrons. The van der Waals surface area contributed by atoms with Crippen molar-refractivity contribution < 1.29 is 9.84 Å². The molecule has 0 saturated carbocycles. The van der Waals surface area contributed by atoms with Gasteiger partial charge in [-0.05, 0) is 47.2 Å². The summed E-state index contributed by atoms with van der Waals surface area (Å²) >= 11 is 2.09. The number of halogens is 1. The molecule has 0 bridgehead atoms. The molecule has 4 heteroatoms. The van der Waals surface area contributed by atoms with Crippen molar-refractivity contribution in [3.63, 3.8) is 0 Å². The minimum absolute atomic E-state index is 0.316. The lowest BCUT2D eigenvalue weighted by Crippen LogP contribution is -1.96. The molecule has 13 heavy (non-hydrogen) atoms. The van der Waals surface area contributed by atoms with Crippen LogP contribution < -0.4 is 4.74 Å². The van der Waals surface area contributed by atoms with Gasteiger partial charge in [-0.1, -0.05) is 6.04 Å². The predicted octanol–water partition coefficient (Wildman–Crippen LogP) is 1.55. The molecule has 0 heterocycles. The lowest BCUT2D eigenvalue weighted by atomic mass is 10.3. The Morgan fingerprint density at radius 3 is 2.85 bits per heavy atom. The lowest BCUT2D eigenvalue weighted by molar-refractivity contribution is 0.316. The summed E-state index contributed by atoms with van der Waals surface area (Å²) in [6.07, 6.45) is 1.13. The number of aromatic hydroxyl groups is 1. The zero-order valence-corrected chi connectivity index (χ0v) is 11.7. The Hall–Kier alpha value is -0.233. The smallest absolute Gasteiger partial charge is 0.129 e. The van der Waals surface area contributed by atoms with Crippen LogP contribution in [0.2, 0.25) is 6.04 Å². The van der Waals surface area contributed by atoms with Crippen molar-refractivity contribution in [3.8, 4) is 11.5 Å². The van der Waals surface area contributed by atoms with Crippen LogP contribution in [0.4, 0.5) is 0 Å². The molecule has 0 aromatic heterocycles. The minimum Gasteiger partial charge on any atom is -0.507 e. The molecular weight excluding hydrogens is 295 g/mol. The van der Waals surface area contributed by atoms with Crippen LogP contribution in [0.1, 0.15) is 6.42 Å². The molecule has 0 atom stereocenters. The summed E-state index contributed by atoms with van der Waals surface area (Å²) in [4.78, 5) is 0.